The van der Waals surface area contributed by atoms with Gasteiger partial charge in [0.25, 0.3) is 0 Å². The molecule has 5 heterocycles. The van der Waals surface area contributed by atoms with Crippen molar-refractivity contribution in [3.8, 4) is 0 Å². The van der Waals surface area contributed by atoms with Gasteiger partial charge in [-0.1, -0.05) is 27.2 Å². The monoisotopic (exact) mass is 624 g/mol. The first-order valence-electron chi connectivity index (χ1n) is 15.6. The minimum atomic E-state index is -0.883. The second-order valence-electron chi connectivity index (χ2n) is 12.4. The molecule has 5 rings (SSSR count). The van der Waals surface area contributed by atoms with Crippen molar-refractivity contribution in [3.63, 3.8) is 0 Å². The standard InChI is InChI=1S/C33H44N4O6S/c1-7-20-16(3)25(36-32(20)42)13-24-17(4)22(9-11-30(38)39)27(34-24)14-28-23(10-12-31(40)41)18(5)26(35-28)15-29-21(8-2)19(6)33(43)37(29)44-33/h14-15,19,21,25,29,34-35,43H,7-13H2,1-6H3,(H,36,42)(H,38,39)(H,40,41)/b26-15+,28-14-/t19-,21-,25?,29?,33+,37?/m1/s1. The van der Waals surface area contributed by atoms with Gasteiger partial charge >= 0.3 is 11.9 Å². The number of aromatic nitrogens is 2. The number of carboxylic acid groups (broad SMARTS) is 2. The van der Waals surface area contributed by atoms with Crippen molar-refractivity contribution >= 4 is 41.9 Å². The molecule has 0 bridgehead atoms. The summed E-state index contributed by atoms with van der Waals surface area (Å²) in [5.74, 6) is -1.38. The smallest absolute Gasteiger partial charge is 0.303 e. The SMILES string of the molecule is CCC1=C(C)C(Cc2[nH]c(/C=c3\[nH]/c(=C/C4[C@H](CC)[C@@H](C)[C@]5(O)SN45)c(C)c3CCC(=O)O)c(CCC(=O)O)c2C)NC1=O. The lowest BCUT2D eigenvalue weighted by Crippen LogP contribution is -2.30. The van der Waals surface area contributed by atoms with Crippen LogP contribution in [-0.4, -0.2) is 64.6 Å². The minimum Gasteiger partial charge on any atom is -0.481 e. The zero-order valence-corrected chi connectivity index (χ0v) is 27.2. The number of aromatic amines is 2. The van der Waals surface area contributed by atoms with E-state index in [1.165, 1.54) is 11.9 Å². The quantitative estimate of drug-likeness (QED) is 0.155. The number of amides is 1. The Balaban J connectivity index is 1.59. The lowest BCUT2D eigenvalue weighted by atomic mass is 9.88. The van der Waals surface area contributed by atoms with E-state index < -0.39 is 17.0 Å². The Labute approximate surface area is 261 Å². The molecule has 10 nitrogen and oxygen atoms in total. The molecule has 0 spiro atoms. The Bertz CT molecular complexity index is 1650. The molecule has 6 N–H and O–H groups in total. The Morgan fingerprint density at radius 3 is 2.25 bits per heavy atom. The Hall–Kier alpha value is -3.28. The lowest BCUT2D eigenvalue weighted by molar-refractivity contribution is -0.138. The van der Waals surface area contributed by atoms with E-state index >= 15 is 0 Å². The summed E-state index contributed by atoms with van der Waals surface area (Å²) in [6.45, 7) is 12.2. The van der Waals surface area contributed by atoms with Gasteiger partial charge in [0.2, 0.25) is 5.91 Å². The predicted molar refractivity (Wildman–Crippen MR) is 170 cm³/mol. The van der Waals surface area contributed by atoms with Gasteiger partial charge in [-0.2, -0.15) is 4.31 Å². The highest BCUT2D eigenvalue weighted by Gasteiger charge is 2.68. The number of hydrogen-bond acceptors (Lipinski definition) is 6. The van der Waals surface area contributed by atoms with Gasteiger partial charge in [-0.15, -0.1) is 0 Å². The molecule has 2 aromatic rings. The Morgan fingerprint density at radius 2 is 1.66 bits per heavy atom. The number of rotatable bonds is 12. The van der Waals surface area contributed by atoms with Gasteiger partial charge in [0.1, 0.15) is 0 Å². The second kappa shape index (κ2) is 12.3. The van der Waals surface area contributed by atoms with Gasteiger partial charge in [-0.3, -0.25) is 14.4 Å². The van der Waals surface area contributed by atoms with Crippen molar-refractivity contribution in [1.82, 2.24) is 19.6 Å². The van der Waals surface area contributed by atoms with Crippen LogP contribution in [0.4, 0.5) is 0 Å². The minimum absolute atomic E-state index is 0.0215. The fourth-order valence-electron chi connectivity index (χ4n) is 7.24. The number of carbonyl (C=O) groups is 3. The van der Waals surface area contributed by atoms with E-state index in [0.29, 0.717) is 25.7 Å². The number of H-pyrrole nitrogens is 2. The van der Waals surface area contributed by atoms with Crippen LogP contribution in [0.2, 0.25) is 0 Å². The van der Waals surface area contributed by atoms with E-state index in [9.17, 15) is 29.7 Å². The maximum absolute atomic E-state index is 12.5. The molecular weight excluding hydrogens is 580 g/mol. The van der Waals surface area contributed by atoms with Gasteiger partial charge in [0.05, 0.1) is 6.04 Å². The van der Waals surface area contributed by atoms with Crippen LogP contribution in [0, 0.1) is 25.7 Å². The molecule has 2 fully saturated rings. The molecule has 11 heteroatoms. The van der Waals surface area contributed by atoms with Crippen LogP contribution in [0.15, 0.2) is 11.1 Å². The number of aliphatic hydroxyl groups is 1. The van der Waals surface area contributed by atoms with E-state index in [4.69, 9.17) is 0 Å². The molecule has 2 aromatic heterocycles. The third kappa shape index (κ3) is 5.77. The van der Waals surface area contributed by atoms with Crippen LogP contribution in [0.3, 0.4) is 0 Å². The molecule has 6 atom stereocenters. The summed E-state index contributed by atoms with van der Waals surface area (Å²) in [6.07, 6.45) is 6.92. The van der Waals surface area contributed by atoms with Crippen molar-refractivity contribution in [2.75, 3.05) is 0 Å². The highest BCUT2D eigenvalue weighted by molar-refractivity contribution is 8.04. The fraction of sp³-hybridized carbons (Fsp3) is 0.545. The number of hydrogen-bond donors (Lipinski definition) is 6. The molecule has 0 aromatic carbocycles. The summed E-state index contributed by atoms with van der Waals surface area (Å²) in [5, 5.41) is 33.9. The number of carbonyl (C=O) groups excluding carboxylic acids is 1. The first-order chi connectivity index (χ1) is 20.8. The summed E-state index contributed by atoms with van der Waals surface area (Å²) in [5.41, 5.74) is 7.29. The number of aliphatic carboxylic acids is 2. The maximum Gasteiger partial charge on any atom is 0.303 e. The maximum atomic E-state index is 12.5. The molecular formula is C33H44N4O6S. The summed E-state index contributed by atoms with van der Waals surface area (Å²) >= 11 is 1.47. The third-order valence-corrected chi connectivity index (χ3v) is 11.4. The number of nitrogens with zero attached hydrogens (tertiary/aromatic N) is 1. The molecule has 2 saturated heterocycles. The summed E-state index contributed by atoms with van der Waals surface area (Å²) in [7, 11) is 0. The molecule has 44 heavy (non-hydrogen) atoms. The molecule has 238 valence electrons. The van der Waals surface area contributed by atoms with Crippen LogP contribution >= 0.6 is 11.9 Å². The van der Waals surface area contributed by atoms with Crippen LogP contribution < -0.4 is 16.0 Å². The van der Waals surface area contributed by atoms with Gasteiger partial charge in [0.15, 0.2) is 5.06 Å². The van der Waals surface area contributed by atoms with Crippen molar-refractivity contribution in [1.29, 1.82) is 0 Å². The normalized spacial score (nSPS) is 28.6. The molecule has 0 aliphatic carbocycles. The average Bonchev–Trinajstić information content (AvgIpc) is 3.20. The molecule has 3 aliphatic rings. The summed E-state index contributed by atoms with van der Waals surface area (Å²) in [4.78, 5) is 42.7. The van der Waals surface area contributed by atoms with Crippen molar-refractivity contribution in [3.05, 3.63) is 55.5 Å². The lowest BCUT2D eigenvalue weighted by Gasteiger charge is -2.21. The van der Waals surface area contributed by atoms with Gasteiger partial charge in [-0.05, 0) is 97.9 Å². The van der Waals surface area contributed by atoms with Crippen molar-refractivity contribution in [2.24, 2.45) is 11.8 Å². The Morgan fingerprint density at radius 1 is 1.00 bits per heavy atom. The third-order valence-electron chi connectivity index (χ3n) is 10.0. The summed E-state index contributed by atoms with van der Waals surface area (Å²) in [6, 6.07) is -0.0943. The van der Waals surface area contributed by atoms with E-state index in [-0.39, 0.29) is 42.7 Å². The van der Waals surface area contributed by atoms with E-state index in [2.05, 4.69) is 39.5 Å². The van der Waals surface area contributed by atoms with E-state index in [1.807, 2.05) is 33.8 Å². The van der Waals surface area contributed by atoms with Gasteiger partial charge < -0.3 is 30.6 Å². The topological polar surface area (TPSA) is 159 Å². The van der Waals surface area contributed by atoms with Crippen LogP contribution in [0.1, 0.15) is 87.0 Å². The van der Waals surface area contributed by atoms with Crippen LogP contribution in [-0.2, 0) is 33.6 Å². The molecule has 3 aliphatic heterocycles. The zero-order valence-electron chi connectivity index (χ0n) is 26.3. The van der Waals surface area contributed by atoms with Crippen molar-refractivity contribution in [2.45, 2.75) is 104 Å². The van der Waals surface area contributed by atoms with Crippen molar-refractivity contribution < 1.29 is 29.7 Å². The fourth-order valence-corrected chi connectivity index (χ4v) is 8.46. The van der Waals surface area contributed by atoms with Gasteiger partial charge in [-0.25, -0.2) is 0 Å². The molecule has 0 radical (unpaired) electrons. The zero-order chi connectivity index (χ0) is 32.1. The number of nitrogens with one attached hydrogen (secondary N) is 3. The van der Waals surface area contributed by atoms with E-state index in [0.717, 1.165) is 61.9 Å². The highest BCUT2D eigenvalue weighted by atomic mass is 32.2. The Kier molecular flexibility index (Phi) is 8.94. The van der Waals surface area contributed by atoms with Crippen LogP contribution in [0.25, 0.3) is 12.2 Å². The first-order valence-corrected chi connectivity index (χ1v) is 16.3. The average molecular weight is 625 g/mol. The number of carboxylic acids is 2. The summed E-state index contributed by atoms with van der Waals surface area (Å²) < 4.78 is 2.05. The molecule has 1 amide bonds. The number of fused-ring (bicyclic) bond motifs is 1. The largest absolute Gasteiger partial charge is 0.481 e. The highest BCUT2D eigenvalue weighted by Crippen LogP contribution is 2.65. The first kappa shape index (κ1) is 32.1. The molecule has 3 unspecified atom stereocenters. The molecule has 0 saturated carbocycles. The van der Waals surface area contributed by atoms with Gasteiger partial charge in [0, 0.05) is 58.9 Å². The second-order valence-corrected chi connectivity index (χ2v) is 13.6. The predicted octanol–water partition coefficient (Wildman–Crippen LogP) is 3.03. The van der Waals surface area contributed by atoms with E-state index in [1.54, 1.807) is 0 Å². The van der Waals surface area contributed by atoms with Crippen LogP contribution in [0.5, 0.6) is 0 Å².